The molecular formula is C15H20F3N5O3. The Balaban J connectivity index is 1.79. The van der Waals surface area contributed by atoms with Gasteiger partial charge in [0.2, 0.25) is 5.95 Å². The summed E-state index contributed by atoms with van der Waals surface area (Å²) in [7, 11) is 0. The van der Waals surface area contributed by atoms with Crippen LogP contribution in [-0.2, 0) is 11.0 Å². The third kappa shape index (κ3) is 5.46. The third-order valence-corrected chi connectivity index (χ3v) is 3.93. The Bertz CT molecular complexity index is 656. The lowest BCUT2D eigenvalue weighted by molar-refractivity contribution is -0.144. The molecule has 1 aliphatic heterocycles. The number of hydrogen-bond donors (Lipinski definition) is 3. The van der Waals surface area contributed by atoms with Crippen molar-refractivity contribution in [1.29, 1.82) is 0 Å². The van der Waals surface area contributed by atoms with E-state index >= 15 is 0 Å². The van der Waals surface area contributed by atoms with Crippen LogP contribution in [0.2, 0.25) is 0 Å². The van der Waals surface area contributed by atoms with E-state index in [1.165, 1.54) is 4.90 Å². The van der Waals surface area contributed by atoms with Crippen molar-refractivity contribution in [2.45, 2.75) is 19.5 Å². The number of nitrogens with one attached hydrogen (secondary N) is 2. The van der Waals surface area contributed by atoms with E-state index in [4.69, 9.17) is 5.11 Å². The van der Waals surface area contributed by atoms with Crippen molar-refractivity contribution in [2.75, 3.05) is 31.5 Å². The molecule has 0 aliphatic carbocycles. The number of halogens is 3. The first kappa shape index (κ1) is 19.7. The number of aliphatic carboxylic acids is 1. The molecule has 1 saturated heterocycles. The number of urea groups is 1. The first-order valence-corrected chi connectivity index (χ1v) is 8.06. The number of piperidine rings is 1. The minimum atomic E-state index is -4.56. The van der Waals surface area contributed by atoms with Crippen LogP contribution in [-0.4, -0.2) is 58.2 Å². The van der Waals surface area contributed by atoms with E-state index in [2.05, 4.69) is 20.6 Å². The predicted molar refractivity (Wildman–Crippen MR) is 85.4 cm³/mol. The van der Waals surface area contributed by atoms with Crippen LogP contribution in [0.3, 0.4) is 0 Å². The average molecular weight is 375 g/mol. The maximum atomic E-state index is 12.6. The zero-order valence-corrected chi connectivity index (χ0v) is 14.1. The van der Waals surface area contributed by atoms with Gasteiger partial charge in [0.05, 0.1) is 5.92 Å². The number of nitrogens with zero attached hydrogens (tertiary/aromatic N) is 3. The number of likely N-dealkylation sites (tertiary alicyclic amines) is 1. The van der Waals surface area contributed by atoms with Crippen LogP contribution >= 0.6 is 0 Å². The van der Waals surface area contributed by atoms with E-state index in [-0.39, 0.29) is 31.5 Å². The first-order valence-electron chi connectivity index (χ1n) is 8.06. The number of carboxylic acids is 1. The highest BCUT2D eigenvalue weighted by molar-refractivity contribution is 5.76. The van der Waals surface area contributed by atoms with Gasteiger partial charge in [-0.2, -0.15) is 13.2 Å². The molecule has 2 heterocycles. The zero-order chi connectivity index (χ0) is 19.3. The number of aromatic nitrogens is 2. The van der Waals surface area contributed by atoms with Gasteiger partial charge in [-0.25, -0.2) is 14.8 Å². The van der Waals surface area contributed by atoms with Crippen molar-refractivity contribution in [3.63, 3.8) is 0 Å². The molecule has 2 atom stereocenters. The van der Waals surface area contributed by atoms with Crippen LogP contribution in [0.15, 0.2) is 12.3 Å². The van der Waals surface area contributed by atoms with Crippen LogP contribution in [0, 0.1) is 11.8 Å². The van der Waals surface area contributed by atoms with Gasteiger partial charge in [-0.15, -0.1) is 0 Å². The molecule has 8 nitrogen and oxygen atoms in total. The number of carboxylic acid groups (broad SMARTS) is 1. The van der Waals surface area contributed by atoms with Gasteiger partial charge in [-0.1, -0.05) is 6.92 Å². The van der Waals surface area contributed by atoms with E-state index in [1.807, 2.05) is 6.92 Å². The van der Waals surface area contributed by atoms with E-state index in [0.29, 0.717) is 13.0 Å². The molecule has 1 aromatic heterocycles. The van der Waals surface area contributed by atoms with Crippen LogP contribution in [0.4, 0.5) is 23.9 Å². The molecule has 0 radical (unpaired) electrons. The second kappa shape index (κ2) is 8.19. The largest absolute Gasteiger partial charge is 0.481 e. The van der Waals surface area contributed by atoms with Gasteiger partial charge in [0, 0.05) is 32.4 Å². The maximum Gasteiger partial charge on any atom is 0.433 e. The minimum absolute atomic E-state index is 0.0761. The SMILES string of the molecule is CC1CC(C(=O)O)CN(C(=O)NCCNc2nccc(C(F)(F)F)n2)C1. The standard InChI is InChI=1S/C15H20F3N5O3/c1-9-6-10(12(24)25)8-23(7-9)14(26)21-5-4-20-13-19-3-2-11(22-13)15(16,17)18/h2-3,9-10H,4-8H2,1H3,(H,21,26)(H,24,25)(H,19,20,22). The highest BCUT2D eigenvalue weighted by Crippen LogP contribution is 2.27. The number of carbonyl (C=O) groups excluding carboxylic acids is 1. The highest BCUT2D eigenvalue weighted by Gasteiger charge is 2.33. The molecule has 0 saturated carbocycles. The first-order chi connectivity index (χ1) is 12.2. The number of rotatable bonds is 5. The fourth-order valence-corrected chi connectivity index (χ4v) is 2.75. The molecule has 1 fully saturated rings. The van der Waals surface area contributed by atoms with Gasteiger partial charge < -0.3 is 20.6 Å². The van der Waals surface area contributed by atoms with Crippen molar-refractivity contribution in [3.8, 4) is 0 Å². The molecule has 0 aromatic carbocycles. The van der Waals surface area contributed by atoms with Crippen LogP contribution in [0.25, 0.3) is 0 Å². The molecule has 0 spiro atoms. The lowest BCUT2D eigenvalue weighted by Gasteiger charge is -2.34. The second-order valence-electron chi connectivity index (χ2n) is 6.20. The summed E-state index contributed by atoms with van der Waals surface area (Å²) in [5.74, 6) is -1.64. The van der Waals surface area contributed by atoms with Gasteiger partial charge in [-0.05, 0) is 18.4 Å². The van der Waals surface area contributed by atoms with E-state index < -0.39 is 29.8 Å². The average Bonchev–Trinajstić information content (AvgIpc) is 2.57. The van der Waals surface area contributed by atoms with Gasteiger partial charge in [0.25, 0.3) is 0 Å². The fourth-order valence-electron chi connectivity index (χ4n) is 2.75. The van der Waals surface area contributed by atoms with E-state index in [1.54, 1.807) is 0 Å². The molecule has 2 unspecified atom stereocenters. The third-order valence-electron chi connectivity index (χ3n) is 3.93. The molecule has 11 heteroatoms. The molecule has 1 aromatic rings. The number of alkyl halides is 3. The summed E-state index contributed by atoms with van der Waals surface area (Å²) in [6, 6.07) is 0.359. The number of carbonyl (C=O) groups is 2. The molecule has 144 valence electrons. The molecule has 2 amide bonds. The molecular weight excluding hydrogens is 355 g/mol. The minimum Gasteiger partial charge on any atom is -0.481 e. The van der Waals surface area contributed by atoms with Crippen molar-refractivity contribution < 1.29 is 27.9 Å². The monoisotopic (exact) mass is 375 g/mol. The Morgan fingerprint density at radius 2 is 2.08 bits per heavy atom. The molecule has 3 N–H and O–H groups in total. The summed E-state index contributed by atoms with van der Waals surface area (Å²) in [6.07, 6.45) is -3.04. The summed E-state index contributed by atoms with van der Waals surface area (Å²) in [6.45, 7) is 2.72. The Hall–Kier alpha value is -2.59. The van der Waals surface area contributed by atoms with Crippen molar-refractivity contribution in [2.24, 2.45) is 11.8 Å². The van der Waals surface area contributed by atoms with Gasteiger partial charge >= 0.3 is 18.2 Å². The smallest absolute Gasteiger partial charge is 0.433 e. The van der Waals surface area contributed by atoms with Gasteiger partial charge in [0.1, 0.15) is 5.69 Å². The normalized spacial score (nSPS) is 20.5. The van der Waals surface area contributed by atoms with Gasteiger partial charge in [0.15, 0.2) is 0 Å². The van der Waals surface area contributed by atoms with Crippen LogP contribution in [0.1, 0.15) is 19.0 Å². The predicted octanol–water partition coefficient (Wildman–Crippen LogP) is 1.66. The Morgan fingerprint density at radius 3 is 2.73 bits per heavy atom. The molecule has 2 rings (SSSR count). The Morgan fingerprint density at radius 1 is 1.35 bits per heavy atom. The lowest BCUT2D eigenvalue weighted by atomic mass is 9.91. The highest BCUT2D eigenvalue weighted by atomic mass is 19.4. The van der Waals surface area contributed by atoms with E-state index in [9.17, 15) is 22.8 Å². The lowest BCUT2D eigenvalue weighted by Crippen LogP contribution is -2.50. The second-order valence-corrected chi connectivity index (χ2v) is 6.20. The van der Waals surface area contributed by atoms with Crippen molar-refractivity contribution >= 4 is 17.9 Å². The molecule has 1 aliphatic rings. The van der Waals surface area contributed by atoms with Crippen molar-refractivity contribution in [3.05, 3.63) is 18.0 Å². The van der Waals surface area contributed by atoms with Gasteiger partial charge in [-0.3, -0.25) is 4.79 Å². The fraction of sp³-hybridized carbons (Fsp3) is 0.600. The summed E-state index contributed by atoms with van der Waals surface area (Å²) in [4.78, 5) is 31.7. The van der Waals surface area contributed by atoms with Crippen LogP contribution < -0.4 is 10.6 Å². The topological polar surface area (TPSA) is 107 Å². The summed E-state index contributed by atoms with van der Waals surface area (Å²) in [5, 5.41) is 14.3. The van der Waals surface area contributed by atoms with Crippen LogP contribution in [0.5, 0.6) is 0 Å². The molecule has 26 heavy (non-hydrogen) atoms. The Kier molecular flexibility index (Phi) is 6.22. The van der Waals surface area contributed by atoms with Crippen molar-refractivity contribution in [1.82, 2.24) is 20.2 Å². The quantitative estimate of drug-likeness (QED) is 0.676. The summed E-state index contributed by atoms with van der Waals surface area (Å²) in [5.41, 5.74) is -1.05. The zero-order valence-electron chi connectivity index (χ0n) is 14.1. The number of anilines is 1. The Labute approximate surface area is 147 Å². The molecule has 0 bridgehead atoms. The summed E-state index contributed by atoms with van der Waals surface area (Å²) >= 11 is 0. The number of amides is 2. The number of hydrogen-bond acceptors (Lipinski definition) is 5. The maximum absolute atomic E-state index is 12.6. The summed E-state index contributed by atoms with van der Waals surface area (Å²) < 4.78 is 37.7. The van der Waals surface area contributed by atoms with E-state index in [0.717, 1.165) is 12.3 Å².